The number of aromatic amines is 1. The summed E-state index contributed by atoms with van der Waals surface area (Å²) in [4.78, 5) is 19.9. The van der Waals surface area contributed by atoms with Gasteiger partial charge in [-0.25, -0.2) is 9.78 Å². The zero-order chi connectivity index (χ0) is 15.9. The topological polar surface area (TPSA) is 67.0 Å². The van der Waals surface area contributed by atoms with Crippen molar-refractivity contribution in [2.45, 2.75) is 58.1 Å². The van der Waals surface area contributed by atoms with Gasteiger partial charge in [0.05, 0.1) is 11.7 Å². The fourth-order valence-corrected chi connectivity index (χ4v) is 2.46. The van der Waals surface area contributed by atoms with E-state index in [2.05, 4.69) is 21.4 Å². The molecule has 1 aliphatic carbocycles. The van der Waals surface area contributed by atoms with Crippen molar-refractivity contribution in [3.8, 4) is 0 Å². The van der Waals surface area contributed by atoms with Crippen LogP contribution in [-0.4, -0.2) is 21.7 Å². The normalized spacial score (nSPS) is 16.5. The van der Waals surface area contributed by atoms with Crippen LogP contribution in [0.15, 0.2) is 18.2 Å². The quantitative estimate of drug-likeness (QED) is 0.899. The molecule has 0 aromatic carbocycles. The molecule has 1 fully saturated rings. The summed E-state index contributed by atoms with van der Waals surface area (Å²) < 4.78 is 5.28. The smallest absolute Gasteiger partial charge is 0.408 e. The van der Waals surface area contributed by atoms with Crippen LogP contribution in [-0.2, 0) is 4.74 Å². The second-order valence-corrected chi connectivity index (χ2v) is 7.04. The van der Waals surface area contributed by atoms with Crippen molar-refractivity contribution in [2.24, 2.45) is 0 Å². The summed E-state index contributed by atoms with van der Waals surface area (Å²) in [5.74, 6) is 0.676. The van der Waals surface area contributed by atoms with Gasteiger partial charge in [0.2, 0.25) is 0 Å². The Morgan fingerprint density at radius 3 is 2.77 bits per heavy atom. The Labute approximate surface area is 130 Å². The highest BCUT2D eigenvalue weighted by Gasteiger charge is 2.25. The number of pyridine rings is 1. The number of H-pyrrole nitrogens is 1. The third-order valence-electron chi connectivity index (χ3n) is 3.72. The molecule has 2 heterocycles. The molecule has 0 spiro atoms. The van der Waals surface area contributed by atoms with E-state index in [-0.39, 0.29) is 6.04 Å². The Morgan fingerprint density at radius 2 is 2.14 bits per heavy atom. The fraction of sp³-hybridized carbons (Fsp3) is 0.529. The fourth-order valence-electron chi connectivity index (χ4n) is 2.46. The monoisotopic (exact) mass is 301 g/mol. The third kappa shape index (κ3) is 3.40. The van der Waals surface area contributed by atoms with Crippen molar-refractivity contribution in [3.05, 3.63) is 29.6 Å². The molecule has 5 heteroatoms. The van der Waals surface area contributed by atoms with E-state index in [4.69, 9.17) is 4.74 Å². The van der Waals surface area contributed by atoms with Gasteiger partial charge >= 0.3 is 6.09 Å². The van der Waals surface area contributed by atoms with Crippen molar-refractivity contribution in [1.29, 1.82) is 0 Å². The van der Waals surface area contributed by atoms with Crippen LogP contribution in [0.25, 0.3) is 11.0 Å². The number of fused-ring (bicyclic) bond motifs is 1. The summed E-state index contributed by atoms with van der Waals surface area (Å²) in [6.07, 6.45) is 2.10. The predicted octanol–water partition coefficient (Wildman–Crippen LogP) is 4.03. The van der Waals surface area contributed by atoms with E-state index >= 15 is 0 Å². The average molecular weight is 301 g/mol. The lowest BCUT2D eigenvalue weighted by Crippen LogP contribution is -2.34. The lowest BCUT2D eigenvalue weighted by molar-refractivity contribution is 0.0507. The standard InChI is InChI=1S/C17H23N3O2/c1-10(18-16(21)22-17(2,3)4)13-8-7-12-9-14(11-5-6-11)20-15(12)19-13/h7-11H,5-6H2,1-4H3,(H,18,21)(H,19,20)/t10-/m1/s1. The third-order valence-corrected chi connectivity index (χ3v) is 3.72. The Hall–Kier alpha value is -2.04. The van der Waals surface area contributed by atoms with E-state index in [1.54, 1.807) is 0 Å². The van der Waals surface area contributed by atoms with Crippen LogP contribution in [0.4, 0.5) is 4.79 Å². The molecule has 2 aromatic heterocycles. The van der Waals surface area contributed by atoms with Crippen LogP contribution in [0, 0.1) is 0 Å². The Morgan fingerprint density at radius 1 is 1.41 bits per heavy atom. The summed E-state index contributed by atoms with van der Waals surface area (Å²) >= 11 is 0. The molecule has 22 heavy (non-hydrogen) atoms. The second kappa shape index (κ2) is 5.30. The first-order chi connectivity index (χ1) is 10.3. The average Bonchev–Trinajstić information content (AvgIpc) is 3.15. The van der Waals surface area contributed by atoms with E-state index < -0.39 is 11.7 Å². The summed E-state index contributed by atoms with van der Waals surface area (Å²) in [6.45, 7) is 7.45. The Bertz CT molecular complexity index is 695. The summed E-state index contributed by atoms with van der Waals surface area (Å²) in [5, 5.41) is 3.94. The molecule has 1 amide bonds. The first-order valence-corrected chi connectivity index (χ1v) is 7.81. The summed E-state index contributed by atoms with van der Waals surface area (Å²) in [5.41, 5.74) is 2.48. The zero-order valence-electron chi connectivity index (χ0n) is 13.6. The molecule has 0 radical (unpaired) electrons. The van der Waals surface area contributed by atoms with E-state index in [1.807, 2.05) is 39.8 Å². The van der Waals surface area contributed by atoms with Crippen LogP contribution in [0.3, 0.4) is 0 Å². The van der Waals surface area contributed by atoms with Gasteiger partial charge in [0, 0.05) is 11.1 Å². The predicted molar refractivity (Wildman–Crippen MR) is 85.9 cm³/mol. The Balaban J connectivity index is 1.73. The molecule has 0 aliphatic heterocycles. The largest absolute Gasteiger partial charge is 0.444 e. The number of alkyl carbamates (subject to hydrolysis) is 1. The zero-order valence-corrected chi connectivity index (χ0v) is 13.6. The molecule has 2 N–H and O–H groups in total. The molecule has 0 saturated heterocycles. The highest BCUT2D eigenvalue weighted by atomic mass is 16.6. The van der Waals surface area contributed by atoms with Crippen molar-refractivity contribution in [3.63, 3.8) is 0 Å². The van der Waals surface area contributed by atoms with Gasteiger partial charge in [0.1, 0.15) is 11.2 Å². The van der Waals surface area contributed by atoms with Crippen molar-refractivity contribution >= 4 is 17.1 Å². The number of carbonyl (C=O) groups is 1. The minimum absolute atomic E-state index is 0.202. The lowest BCUT2D eigenvalue weighted by atomic mass is 10.2. The van der Waals surface area contributed by atoms with Crippen LogP contribution >= 0.6 is 0 Å². The lowest BCUT2D eigenvalue weighted by Gasteiger charge is -2.21. The number of aromatic nitrogens is 2. The van der Waals surface area contributed by atoms with Crippen LogP contribution in [0.5, 0.6) is 0 Å². The van der Waals surface area contributed by atoms with Crippen molar-refractivity contribution in [2.75, 3.05) is 0 Å². The molecule has 0 unspecified atom stereocenters. The van der Waals surface area contributed by atoms with Gasteiger partial charge in [-0.05, 0) is 64.7 Å². The van der Waals surface area contributed by atoms with Crippen LogP contribution < -0.4 is 5.32 Å². The first-order valence-electron chi connectivity index (χ1n) is 7.81. The summed E-state index contributed by atoms with van der Waals surface area (Å²) in [7, 11) is 0. The van der Waals surface area contributed by atoms with E-state index in [0.717, 1.165) is 16.7 Å². The van der Waals surface area contributed by atoms with Gasteiger partial charge < -0.3 is 15.0 Å². The number of hydrogen-bond donors (Lipinski definition) is 2. The number of amides is 1. The number of carbonyl (C=O) groups excluding carboxylic acids is 1. The van der Waals surface area contributed by atoms with Gasteiger partial charge in [0.15, 0.2) is 0 Å². The number of hydrogen-bond acceptors (Lipinski definition) is 3. The minimum Gasteiger partial charge on any atom is -0.444 e. The highest BCUT2D eigenvalue weighted by molar-refractivity contribution is 5.77. The van der Waals surface area contributed by atoms with E-state index in [1.165, 1.54) is 18.5 Å². The van der Waals surface area contributed by atoms with Gasteiger partial charge in [-0.15, -0.1) is 0 Å². The number of rotatable bonds is 3. The van der Waals surface area contributed by atoms with Gasteiger partial charge in [0.25, 0.3) is 0 Å². The first kappa shape index (κ1) is 14.9. The maximum atomic E-state index is 11.8. The molecule has 5 nitrogen and oxygen atoms in total. The van der Waals surface area contributed by atoms with Gasteiger partial charge in [-0.3, -0.25) is 0 Å². The molecule has 1 atom stereocenters. The number of ether oxygens (including phenoxy) is 1. The molecular weight excluding hydrogens is 278 g/mol. The molecule has 1 aliphatic rings. The molecule has 3 rings (SSSR count). The number of nitrogens with one attached hydrogen (secondary N) is 2. The maximum Gasteiger partial charge on any atom is 0.408 e. The van der Waals surface area contributed by atoms with E-state index in [0.29, 0.717) is 5.92 Å². The van der Waals surface area contributed by atoms with Gasteiger partial charge in [-0.1, -0.05) is 0 Å². The van der Waals surface area contributed by atoms with Crippen LogP contribution in [0.1, 0.15) is 63.9 Å². The molecule has 1 saturated carbocycles. The second-order valence-electron chi connectivity index (χ2n) is 7.04. The molecular formula is C17H23N3O2. The minimum atomic E-state index is -0.500. The SMILES string of the molecule is C[C@@H](NC(=O)OC(C)(C)C)c1ccc2cc(C3CC3)[nH]c2n1. The molecule has 0 bridgehead atoms. The van der Waals surface area contributed by atoms with Gasteiger partial charge in [-0.2, -0.15) is 0 Å². The summed E-state index contributed by atoms with van der Waals surface area (Å²) in [6, 6.07) is 5.98. The number of nitrogens with zero attached hydrogens (tertiary/aromatic N) is 1. The van der Waals surface area contributed by atoms with E-state index in [9.17, 15) is 4.79 Å². The van der Waals surface area contributed by atoms with Crippen LogP contribution in [0.2, 0.25) is 0 Å². The van der Waals surface area contributed by atoms with Crippen molar-refractivity contribution in [1.82, 2.24) is 15.3 Å². The highest BCUT2D eigenvalue weighted by Crippen LogP contribution is 2.40. The maximum absolute atomic E-state index is 11.8. The molecule has 2 aromatic rings. The van der Waals surface area contributed by atoms with Crippen molar-refractivity contribution < 1.29 is 9.53 Å². The Kier molecular flexibility index (Phi) is 3.59. The molecule has 118 valence electrons.